The summed E-state index contributed by atoms with van der Waals surface area (Å²) in [5, 5.41) is 8.66. The molecule has 62 valence electrons. The van der Waals surface area contributed by atoms with Crippen molar-refractivity contribution < 1.29 is 9.90 Å². The number of imidazole rings is 1. The number of carboxylic acid groups (broad SMARTS) is 1. The standard InChI is InChI=1S/C7H6N2O2S/c1-4-2-8-7-9(4)3-5(12-7)6(10)11/h2-3H,1H3,(H,10,11). The number of carboxylic acids is 1. The fraction of sp³-hybridized carbons (Fsp3) is 0.143. The number of thiazole rings is 1. The molecule has 0 bridgehead atoms. The van der Waals surface area contributed by atoms with Crippen molar-refractivity contribution in [2.24, 2.45) is 0 Å². The zero-order valence-corrected chi connectivity index (χ0v) is 7.13. The average molecular weight is 182 g/mol. The van der Waals surface area contributed by atoms with Crippen LogP contribution in [-0.4, -0.2) is 20.5 Å². The third-order valence-corrected chi connectivity index (χ3v) is 2.59. The normalized spacial score (nSPS) is 10.8. The molecule has 0 radical (unpaired) electrons. The van der Waals surface area contributed by atoms with E-state index in [4.69, 9.17) is 5.11 Å². The van der Waals surface area contributed by atoms with Crippen LogP contribution in [0, 0.1) is 6.92 Å². The first-order valence-corrected chi connectivity index (χ1v) is 4.17. The number of nitrogens with zero attached hydrogens (tertiary/aromatic N) is 2. The predicted octanol–water partition coefficient (Wildman–Crippen LogP) is 1.40. The third kappa shape index (κ3) is 0.902. The van der Waals surface area contributed by atoms with Crippen molar-refractivity contribution in [2.75, 3.05) is 0 Å². The molecule has 2 rings (SSSR count). The van der Waals surface area contributed by atoms with E-state index in [2.05, 4.69) is 4.98 Å². The molecular weight excluding hydrogens is 176 g/mol. The largest absolute Gasteiger partial charge is 0.477 e. The fourth-order valence-corrected chi connectivity index (χ4v) is 1.84. The van der Waals surface area contributed by atoms with Crippen LogP contribution in [0.3, 0.4) is 0 Å². The number of hydrogen-bond donors (Lipinski definition) is 1. The van der Waals surface area contributed by atoms with Gasteiger partial charge in [-0.05, 0) is 6.92 Å². The van der Waals surface area contributed by atoms with Gasteiger partial charge in [0.15, 0.2) is 4.96 Å². The van der Waals surface area contributed by atoms with Gasteiger partial charge in [0, 0.05) is 18.1 Å². The molecular formula is C7H6N2O2S. The number of rotatable bonds is 1. The molecule has 0 aliphatic rings. The topological polar surface area (TPSA) is 54.6 Å². The van der Waals surface area contributed by atoms with Gasteiger partial charge in [0.05, 0.1) is 0 Å². The highest BCUT2D eigenvalue weighted by atomic mass is 32.1. The SMILES string of the molecule is Cc1cnc2sc(C(=O)O)cn12. The van der Waals surface area contributed by atoms with E-state index >= 15 is 0 Å². The van der Waals surface area contributed by atoms with E-state index in [1.54, 1.807) is 16.8 Å². The Kier molecular flexibility index (Phi) is 1.41. The van der Waals surface area contributed by atoms with Crippen molar-refractivity contribution in [2.45, 2.75) is 6.92 Å². The number of aryl methyl sites for hydroxylation is 1. The Bertz CT molecular complexity index is 443. The lowest BCUT2D eigenvalue weighted by Gasteiger charge is -1.84. The van der Waals surface area contributed by atoms with Crippen LogP contribution in [0.25, 0.3) is 4.96 Å². The van der Waals surface area contributed by atoms with Crippen molar-refractivity contribution in [3.63, 3.8) is 0 Å². The first-order valence-electron chi connectivity index (χ1n) is 3.35. The highest BCUT2D eigenvalue weighted by molar-refractivity contribution is 7.18. The molecule has 2 aromatic heterocycles. The van der Waals surface area contributed by atoms with Gasteiger partial charge in [0.25, 0.3) is 0 Å². The maximum atomic E-state index is 10.5. The van der Waals surface area contributed by atoms with Crippen LogP contribution in [0.5, 0.6) is 0 Å². The molecule has 0 amide bonds. The molecule has 4 nitrogen and oxygen atoms in total. The Morgan fingerprint density at radius 1 is 1.75 bits per heavy atom. The monoisotopic (exact) mass is 182 g/mol. The predicted molar refractivity (Wildman–Crippen MR) is 44.8 cm³/mol. The molecule has 1 N–H and O–H groups in total. The summed E-state index contributed by atoms with van der Waals surface area (Å²) in [6.45, 7) is 1.89. The molecule has 0 atom stereocenters. The maximum absolute atomic E-state index is 10.5. The summed E-state index contributed by atoms with van der Waals surface area (Å²) >= 11 is 1.18. The van der Waals surface area contributed by atoms with Gasteiger partial charge in [-0.15, -0.1) is 0 Å². The first kappa shape index (κ1) is 7.30. The fourth-order valence-electron chi connectivity index (χ4n) is 0.997. The number of fused-ring (bicyclic) bond motifs is 1. The molecule has 0 aliphatic carbocycles. The van der Waals surface area contributed by atoms with E-state index in [0.29, 0.717) is 4.88 Å². The second-order valence-electron chi connectivity index (χ2n) is 2.45. The summed E-state index contributed by atoms with van der Waals surface area (Å²) in [5.74, 6) is -0.898. The van der Waals surface area contributed by atoms with Crippen LogP contribution >= 0.6 is 11.3 Å². The third-order valence-electron chi connectivity index (χ3n) is 1.61. The smallest absolute Gasteiger partial charge is 0.347 e. The van der Waals surface area contributed by atoms with Gasteiger partial charge in [0.1, 0.15) is 4.88 Å². The van der Waals surface area contributed by atoms with Crippen molar-refractivity contribution in [1.82, 2.24) is 9.38 Å². The molecule has 0 saturated heterocycles. The summed E-state index contributed by atoms with van der Waals surface area (Å²) in [7, 11) is 0. The average Bonchev–Trinajstić information content (AvgIpc) is 2.53. The second kappa shape index (κ2) is 2.31. The summed E-state index contributed by atoms with van der Waals surface area (Å²) < 4.78 is 1.77. The quantitative estimate of drug-likeness (QED) is 0.725. The van der Waals surface area contributed by atoms with Crippen LogP contribution < -0.4 is 0 Å². The van der Waals surface area contributed by atoms with Crippen molar-refractivity contribution >= 4 is 22.3 Å². The van der Waals surface area contributed by atoms with E-state index in [-0.39, 0.29) is 0 Å². The Balaban J connectivity index is 2.70. The molecule has 0 unspecified atom stereocenters. The highest BCUT2D eigenvalue weighted by Gasteiger charge is 2.09. The maximum Gasteiger partial charge on any atom is 0.347 e. The number of carbonyl (C=O) groups is 1. The summed E-state index contributed by atoms with van der Waals surface area (Å²) in [6, 6.07) is 0. The number of aromatic carboxylic acids is 1. The molecule has 0 aromatic carbocycles. The van der Waals surface area contributed by atoms with E-state index in [1.165, 1.54) is 11.3 Å². The second-order valence-corrected chi connectivity index (χ2v) is 3.46. The van der Waals surface area contributed by atoms with Crippen LogP contribution in [0.4, 0.5) is 0 Å². The van der Waals surface area contributed by atoms with Gasteiger partial charge >= 0.3 is 5.97 Å². The van der Waals surface area contributed by atoms with Gasteiger partial charge in [0.2, 0.25) is 0 Å². The minimum atomic E-state index is -0.898. The lowest BCUT2D eigenvalue weighted by atomic mass is 10.5. The van der Waals surface area contributed by atoms with Crippen LogP contribution in [0.1, 0.15) is 15.4 Å². The zero-order valence-electron chi connectivity index (χ0n) is 6.31. The van der Waals surface area contributed by atoms with Crippen LogP contribution in [0.2, 0.25) is 0 Å². The van der Waals surface area contributed by atoms with Gasteiger partial charge in [-0.25, -0.2) is 9.78 Å². The first-order chi connectivity index (χ1) is 5.68. The van der Waals surface area contributed by atoms with E-state index in [1.807, 2.05) is 6.92 Å². The molecule has 0 fully saturated rings. The van der Waals surface area contributed by atoms with Crippen molar-refractivity contribution in [3.05, 3.63) is 23.0 Å². The summed E-state index contributed by atoms with van der Waals surface area (Å²) in [4.78, 5) is 15.6. The molecule has 0 saturated carbocycles. The Morgan fingerprint density at radius 3 is 3.08 bits per heavy atom. The van der Waals surface area contributed by atoms with Gasteiger partial charge < -0.3 is 5.11 Å². The number of hydrogen-bond acceptors (Lipinski definition) is 3. The minimum Gasteiger partial charge on any atom is -0.477 e. The minimum absolute atomic E-state index is 0.321. The molecule has 5 heteroatoms. The number of aromatic nitrogens is 2. The molecule has 2 heterocycles. The summed E-state index contributed by atoms with van der Waals surface area (Å²) in [6.07, 6.45) is 3.31. The summed E-state index contributed by atoms with van der Waals surface area (Å²) in [5.41, 5.74) is 0.953. The Labute approximate surface area is 72.1 Å². The Morgan fingerprint density at radius 2 is 2.50 bits per heavy atom. The zero-order chi connectivity index (χ0) is 8.72. The van der Waals surface area contributed by atoms with Gasteiger partial charge in [-0.3, -0.25) is 4.40 Å². The molecule has 0 aliphatic heterocycles. The molecule has 2 aromatic rings. The van der Waals surface area contributed by atoms with Gasteiger partial charge in [-0.1, -0.05) is 11.3 Å². The van der Waals surface area contributed by atoms with Crippen molar-refractivity contribution in [3.8, 4) is 0 Å². The highest BCUT2D eigenvalue weighted by Crippen LogP contribution is 2.17. The van der Waals surface area contributed by atoms with Gasteiger partial charge in [-0.2, -0.15) is 0 Å². The lowest BCUT2D eigenvalue weighted by Crippen LogP contribution is -1.91. The lowest BCUT2D eigenvalue weighted by molar-refractivity contribution is 0.0702. The van der Waals surface area contributed by atoms with E-state index in [0.717, 1.165) is 10.7 Å². The molecule has 12 heavy (non-hydrogen) atoms. The van der Waals surface area contributed by atoms with E-state index in [9.17, 15) is 4.79 Å². The molecule has 0 spiro atoms. The van der Waals surface area contributed by atoms with E-state index < -0.39 is 5.97 Å². The van der Waals surface area contributed by atoms with Crippen LogP contribution in [0.15, 0.2) is 12.4 Å². The Hall–Kier alpha value is -1.36. The van der Waals surface area contributed by atoms with Crippen molar-refractivity contribution in [1.29, 1.82) is 0 Å². The van der Waals surface area contributed by atoms with Crippen LogP contribution in [-0.2, 0) is 0 Å².